The molecule has 0 atom stereocenters. The molecule has 2 aromatic rings. The van der Waals surface area contributed by atoms with Gasteiger partial charge in [0.25, 0.3) is 0 Å². The first-order valence-corrected chi connectivity index (χ1v) is 6.61. The number of rotatable bonds is 3. The standard InChI is InChI=1S/C12H12ClIN2/c1-2-9-3-5-10(6-4-9)7-16-8-11(13)12(14)15-16/h3-6,8H,2,7H2,1H3. The molecular formula is C12H12ClIN2. The molecule has 0 saturated carbocycles. The Morgan fingerprint density at radius 1 is 1.25 bits per heavy atom. The van der Waals surface area contributed by atoms with Crippen LogP contribution in [-0.4, -0.2) is 9.78 Å². The van der Waals surface area contributed by atoms with Crippen LogP contribution >= 0.6 is 34.2 Å². The molecule has 16 heavy (non-hydrogen) atoms. The molecule has 1 aromatic carbocycles. The highest BCUT2D eigenvalue weighted by Gasteiger charge is 2.03. The maximum atomic E-state index is 5.95. The molecule has 2 rings (SSSR count). The molecule has 0 radical (unpaired) electrons. The zero-order chi connectivity index (χ0) is 11.5. The van der Waals surface area contributed by atoms with Crippen LogP contribution in [0.1, 0.15) is 18.1 Å². The average Bonchev–Trinajstić information content (AvgIpc) is 2.59. The minimum absolute atomic E-state index is 0.714. The van der Waals surface area contributed by atoms with E-state index in [4.69, 9.17) is 11.6 Å². The SMILES string of the molecule is CCc1ccc(Cn2cc(Cl)c(I)n2)cc1. The Balaban J connectivity index is 2.14. The average molecular weight is 347 g/mol. The molecule has 0 aliphatic heterocycles. The van der Waals surface area contributed by atoms with Crippen molar-refractivity contribution in [2.24, 2.45) is 0 Å². The smallest absolute Gasteiger partial charge is 0.141 e. The van der Waals surface area contributed by atoms with Crippen LogP contribution in [0.2, 0.25) is 5.02 Å². The fourth-order valence-electron chi connectivity index (χ4n) is 1.52. The monoisotopic (exact) mass is 346 g/mol. The normalized spacial score (nSPS) is 10.7. The summed E-state index contributed by atoms with van der Waals surface area (Å²) in [7, 11) is 0. The number of aromatic nitrogens is 2. The maximum Gasteiger partial charge on any atom is 0.141 e. The van der Waals surface area contributed by atoms with E-state index < -0.39 is 0 Å². The van der Waals surface area contributed by atoms with Crippen LogP contribution in [0.25, 0.3) is 0 Å². The minimum Gasteiger partial charge on any atom is -0.266 e. The molecular weight excluding hydrogens is 335 g/mol. The van der Waals surface area contributed by atoms with Crippen molar-refractivity contribution in [3.63, 3.8) is 0 Å². The van der Waals surface area contributed by atoms with Gasteiger partial charge in [-0.05, 0) is 40.1 Å². The predicted molar refractivity (Wildman–Crippen MR) is 74.9 cm³/mol. The van der Waals surface area contributed by atoms with Crippen LogP contribution in [0.4, 0.5) is 0 Å². The molecule has 0 bridgehead atoms. The van der Waals surface area contributed by atoms with Gasteiger partial charge in [-0.2, -0.15) is 5.10 Å². The number of hydrogen-bond acceptors (Lipinski definition) is 1. The molecule has 0 amide bonds. The second-order valence-electron chi connectivity index (χ2n) is 3.64. The number of benzene rings is 1. The first kappa shape index (κ1) is 11.9. The molecule has 1 heterocycles. The Labute approximate surface area is 114 Å². The van der Waals surface area contributed by atoms with Gasteiger partial charge in [0, 0.05) is 6.20 Å². The van der Waals surface area contributed by atoms with Crippen LogP contribution in [-0.2, 0) is 13.0 Å². The maximum absolute atomic E-state index is 5.95. The third-order valence-electron chi connectivity index (χ3n) is 2.45. The van der Waals surface area contributed by atoms with E-state index in [2.05, 4.69) is 58.9 Å². The second-order valence-corrected chi connectivity index (χ2v) is 5.06. The zero-order valence-electron chi connectivity index (χ0n) is 8.95. The highest BCUT2D eigenvalue weighted by atomic mass is 127. The Hall–Kier alpha value is -0.550. The van der Waals surface area contributed by atoms with E-state index in [0.29, 0.717) is 5.02 Å². The van der Waals surface area contributed by atoms with Crippen LogP contribution in [0.15, 0.2) is 30.5 Å². The van der Waals surface area contributed by atoms with Crippen molar-refractivity contribution in [3.05, 3.63) is 50.3 Å². The summed E-state index contributed by atoms with van der Waals surface area (Å²) in [4.78, 5) is 0. The van der Waals surface area contributed by atoms with Crippen LogP contribution in [0.5, 0.6) is 0 Å². The topological polar surface area (TPSA) is 17.8 Å². The van der Waals surface area contributed by atoms with Gasteiger partial charge in [0.1, 0.15) is 3.70 Å². The van der Waals surface area contributed by atoms with Gasteiger partial charge in [-0.1, -0.05) is 42.8 Å². The predicted octanol–water partition coefficient (Wildman–Crippen LogP) is 3.75. The lowest BCUT2D eigenvalue weighted by atomic mass is 10.1. The Morgan fingerprint density at radius 3 is 2.38 bits per heavy atom. The fraction of sp³-hybridized carbons (Fsp3) is 0.250. The summed E-state index contributed by atoms with van der Waals surface area (Å²) in [5, 5.41) is 5.03. The number of hydrogen-bond donors (Lipinski definition) is 0. The van der Waals surface area contributed by atoms with E-state index in [1.165, 1.54) is 11.1 Å². The third-order valence-corrected chi connectivity index (χ3v) is 3.84. The quantitative estimate of drug-likeness (QED) is 0.774. The zero-order valence-corrected chi connectivity index (χ0v) is 11.9. The summed E-state index contributed by atoms with van der Waals surface area (Å²) in [6, 6.07) is 8.60. The van der Waals surface area contributed by atoms with Gasteiger partial charge in [-0.3, -0.25) is 4.68 Å². The lowest BCUT2D eigenvalue weighted by molar-refractivity contribution is 0.681. The molecule has 0 aliphatic rings. The molecule has 4 heteroatoms. The van der Waals surface area contributed by atoms with E-state index in [0.717, 1.165) is 16.7 Å². The molecule has 1 aromatic heterocycles. The third kappa shape index (κ3) is 2.77. The van der Waals surface area contributed by atoms with Gasteiger partial charge in [0.15, 0.2) is 0 Å². The van der Waals surface area contributed by atoms with Crippen molar-refractivity contribution in [2.75, 3.05) is 0 Å². The van der Waals surface area contributed by atoms with Gasteiger partial charge in [-0.25, -0.2) is 0 Å². The summed E-state index contributed by atoms with van der Waals surface area (Å²) in [6.07, 6.45) is 2.93. The molecule has 0 unspecified atom stereocenters. The summed E-state index contributed by atoms with van der Waals surface area (Å²) in [6.45, 7) is 2.93. The van der Waals surface area contributed by atoms with E-state index in [-0.39, 0.29) is 0 Å². The lowest BCUT2D eigenvalue weighted by Crippen LogP contribution is -2.00. The summed E-state index contributed by atoms with van der Waals surface area (Å²) >= 11 is 8.09. The van der Waals surface area contributed by atoms with E-state index in [9.17, 15) is 0 Å². The lowest BCUT2D eigenvalue weighted by Gasteiger charge is -2.02. The second kappa shape index (κ2) is 5.19. The van der Waals surface area contributed by atoms with Crippen LogP contribution in [0.3, 0.4) is 0 Å². The summed E-state index contributed by atoms with van der Waals surface area (Å²) in [5.74, 6) is 0. The number of aryl methyl sites for hydroxylation is 1. The molecule has 0 saturated heterocycles. The number of nitrogens with zero attached hydrogens (tertiary/aromatic N) is 2. The Kier molecular flexibility index (Phi) is 3.86. The fourth-order valence-corrected chi connectivity index (χ4v) is 2.09. The van der Waals surface area contributed by atoms with E-state index >= 15 is 0 Å². The highest BCUT2D eigenvalue weighted by molar-refractivity contribution is 14.1. The van der Waals surface area contributed by atoms with Crippen molar-refractivity contribution in [1.82, 2.24) is 9.78 Å². The Bertz CT molecular complexity index is 457. The molecule has 84 valence electrons. The van der Waals surface area contributed by atoms with E-state index in [1.807, 2.05) is 10.9 Å². The Morgan fingerprint density at radius 2 is 1.88 bits per heavy atom. The molecule has 0 fully saturated rings. The van der Waals surface area contributed by atoms with Crippen molar-refractivity contribution in [3.8, 4) is 0 Å². The summed E-state index contributed by atoms with van der Waals surface area (Å²) < 4.78 is 2.72. The van der Waals surface area contributed by atoms with Gasteiger partial charge >= 0.3 is 0 Å². The highest BCUT2D eigenvalue weighted by Crippen LogP contribution is 2.16. The molecule has 0 aliphatic carbocycles. The van der Waals surface area contributed by atoms with Crippen LogP contribution in [0, 0.1) is 3.70 Å². The van der Waals surface area contributed by atoms with Crippen molar-refractivity contribution >= 4 is 34.2 Å². The largest absolute Gasteiger partial charge is 0.266 e. The van der Waals surface area contributed by atoms with Gasteiger partial charge in [-0.15, -0.1) is 0 Å². The molecule has 2 nitrogen and oxygen atoms in total. The first-order chi connectivity index (χ1) is 7.69. The molecule has 0 spiro atoms. The van der Waals surface area contributed by atoms with Crippen molar-refractivity contribution in [1.29, 1.82) is 0 Å². The van der Waals surface area contributed by atoms with Gasteiger partial charge in [0.2, 0.25) is 0 Å². The molecule has 0 N–H and O–H groups in total. The van der Waals surface area contributed by atoms with Crippen molar-refractivity contribution < 1.29 is 0 Å². The van der Waals surface area contributed by atoms with Crippen molar-refractivity contribution in [2.45, 2.75) is 19.9 Å². The number of halogens is 2. The van der Waals surface area contributed by atoms with Gasteiger partial charge in [0.05, 0.1) is 11.6 Å². The first-order valence-electron chi connectivity index (χ1n) is 5.15. The minimum atomic E-state index is 0.714. The summed E-state index contributed by atoms with van der Waals surface area (Å²) in [5.41, 5.74) is 2.60. The van der Waals surface area contributed by atoms with Crippen LogP contribution < -0.4 is 0 Å². The van der Waals surface area contributed by atoms with Gasteiger partial charge < -0.3 is 0 Å². The van der Waals surface area contributed by atoms with E-state index in [1.54, 1.807) is 0 Å².